The second-order valence-electron chi connectivity index (χ2n) is 3.42. The van der Waals surface area contributed by atoms with Gasteiger partial charge in [0, 0.05) is 11.1 Å². The van der Waals surface area contributed by atoms with Crippen LogP contribution in [0.5, 0.6) is 0 Å². The lowest BCUT2D eigenvalue weighted by Gasteiger charge is -2.03. The third-order valence-electron chi connectivity index (χ3n) is 2.30. The van der Waals surface area contributed by atoms with Crippen LogP contribution in [0.25, 0.3) is 10.9 Å². The third-order valence-corrected chi connectivity index (χ3v) is 2.30. The summed E-state index contributed by atoms with van der Waals surface area (Å²) in [6, 6.07) is 7.74. The maximum Gasteiger partial charge on any atom is 0.178 e. The topological polar surface area (TPSA) is 75.7 Å². The maximum absolute atomic E-state index is 7.71. The molecule has 4 heteroatoms. The average molecular weight is 212 g/mol. The molecule has 0 unspecified atom stereocenters. The van der Waals surface area contributed by atoms with Crippen molar-refractivity contribution in [2.75, 3.05) is 0 Å². The van der Waals surface area contributed by atoms with Gasteiger partial charge in [-0.25, -0.2) is 9.97 Å². The fourth-order valence-corrected chi connectivity index (χ4v) is 1.53. The molecule has 1 aromatic carbocycles. The molecule has 0 spiro atoms. The fraction of sp³-hybridized carbons (Fsp3) is 0.0833. The zero-order chi connectivity index (χ0) is 11.5. The predicted octanol–water partition coefficient (Wildman–Crippen LogP) is 1.78. The number of rotatable bonds is 2. The molecule has 1 heterocycles. The number of nitrogens with zero attached hydrogens (tertiary/aromatic N) is 2. The Morgan fingerprint density at radius 3 is 2.81 bits per heavy atom. The van der Waals surface area contributed by atoms with E-state index in [-0.39, 0.29) is 5.71 Å². The first kappa shape index (κ1) is 10.3. The van der Waals surface area contributed by atoms with E-state index in [0.29, 0.717) is 5.82 Å². The van der Waals surface area contributed by atoms with E-state index in [1.54, 1.807) is 0 Å². The molecule has 0 aliphatic rings. The van der Waals surface area contributed by atoms with Crippen LogP contribution in [0.2, 0.25) is 0 Å². The van der Waals surface area contributed by atoms with E-state index in [4.69, 9.17) is 11.1 Å². The molecule has 2 aromatic rings. The standard InChI is InChI=1S/C12H12N4/c1-8-9-4-2-3-5-11(9)16-12(15-8)10(14)6-7-13/h2-7,14H,13H2,1H3/b7-6-,14-10?. The van der Waals surface area contributed by atoms with Gasteiger partial charge in [-0.1, -0.05) is 18.2 Å². The zero-order valence-electron chi connectivity index (χ0n) is 8.94. The summed E-state index contributed by atoms with van der Waals surface area (Å²) >= 11 is 0. The number of hydrogen-bond acceptors (Lipinski definition) is 4. The molecule has 80 valence electrons. The quantitative estimate of drug-likeness (QED) is 0.745. The number of hydrogen-bond donors (Lipinski definition) is 2. The van der Waals surface area contributed by atoms with Crippen molar-refractivity contribution >= 4 is 16.6 Å². The van der Waals surface area contributed by atoms with Crippen molar-refractivity contribution in [3.05, 3.63) is 48.1 Å². The molecule has 0 saturated carbocycles. The van der Waals surface area contributed by atoms with Crippen LogP contribution in [0.15, 0.2) is 36.5 Å². The number of allylic oxidation sites excluding steroid dienone is 1. The minimum absolute atomic E-state index is 0.219. The summed E-state index contributed by atoms with van der Waals surface area (Å²) in [5, 5.41) is 8.72. The maximum atomic E-state index is 7.71. The molecule has 0 atom stereocenters. The van der Waals surface area contributed by atoms with Crippen molar-refractivity contribution in [1.29, 1.82) is 5.41 Å². The number of aryl methyl sites for hydroxylation is 1. The van der Waals surface area contributed by atoms with Crippen LogP contribution in [0.3, 0.4) is 0 Å². The van der Waals surface area contributed by atoms with Crippen LogP contribution in [-0.4, -0.2) is 15.7 Å². The van der Waals surface area contributed by atoms with Crippen LogP contribution in [0.4, 0.5) is 0 Å². The minimum atomic E-state index is 0.219. The van der Waals surface area contributed by atoms with E-state index in [9.17, 15) is 0 Å². The molecule has 0 bridgehead atoms. The predicted molar refractivity (Wildman–Crippen MR) is 64.4 cm³/mol. The number of nitrogens with one attached hydrogen (secondary N) is 1. The smallest absolute Gasteiger partial charge is 0.178 e. The first-order chi connectivity index (χ1) is 7.72. The molecule has 0 aliphatic carbocycles. The number of para-hydroxylation sites is 1. The van der Waals surface area contributed by atoms with Crippen molar-refractivity contribution in [1.82, 2.24) is 9.97 Å². The summed E-state index contributed by atoms with van der Waals surface area (Å²) in [5.74, 6) is 0.401. The Morgan fingerprint density at radius 2 is 2.06 bits per heavy atom. The SMILES string of the molecule is Cc1nc(C(=N)/C=C\N)nc2ccccc12. The van der Waals surface area contributed by atoms with Gasteiger partial charge in [0.2, 0.25) is 0 Å². The molecule has 4 nitrogen and oxygen atoms in total. The summed E-state index contributed by atoms with van der Waals surface area (Å²) in [7, 11) is 0. The van der Waals surface area contributed by atoms with E-state index in [1.807, 2.05) is 31.2 Å². The minimum Gasteiger partial charge on any atom is -0.405 e. The van der Waals surface area contributed by atoms with Gasteiger partial charge in [0.25, 0.3) is 0 Å². The van der Waals surface area contributed by atoms with Gasteiger partial charge in [0.1, 0.15) is 5.71 Å². The first-order valence-electron chi connectivity index (χ1n) is 4.93. The van der Waals surface area contributed by atoms with Crippen LogP contribution < -0.4 is 5.73 Å². The Hall–Kier alpha value is -2.23. The highest BCUT2D eigenvalue weighted by Crippen LogP contribution is 2.14. The Bertz CT molecular complexity index is 572. The molecule has 0 radical (unpaired) electrons. The molecule has 0 fully saturated rings. The summed E-state index contributed by atoms with van der Waals surface area (Å²) in [6.07, 6.45) is 2.79. The fourth-order valence-electron chi connectivity index (χ4n) is 1.53. The Balaban J connectivity index is 2.62. The zero-order valence-corrected chi connectivity index (χ0v) is 8.94. The second-order valence-corrected chi connectivity index (χ2v) is 3.42. The molecule has 2 rings (SSSR count). The largest absolute Gasteiger partial charge is 0.405 e. The molecule has 3 N–H and O–H groups in total. The molecular formula is C12H12N4. The van der Waals surface area contributed by atoms with Gasteiger partial charge >= 0.3 is 0 Å². The molecule has 0 aliphatic heterocycles. The van der Waals surface area contributed by atoms with Gasteiger partial charge in [0.15, 0.2) is 5.82 Å². The molecule has 1 aromatic heterocycles. The normalized spacial score (nSPS) is 11.1. The lowest BCUT2D eigenvalue weighted by molar-refractivity contribution is 1.12. The lowest BCUT2D eigenvalue weighted by Crippen LogP contribution is -2.05. The van der Waals surface area contributed by atoms with Crippen molar-refractivity contribution in [3.63, 3.8) is 0 Å². The number of nitrogens with two attached hydrogens (primary N) is 1. The van der Waals surface area contributed by atoms with Gasteiger partial charge in [-0.2, -0.15) is 0 Å². The highest BCUT2D eigenvalue weighted by molar-refractivity contribution is 6.04. The monoisotopic (exact) mass is 212 g/mol. The number of aromatic nitrogens is 2. The van der Waals surface area contributed by atoms with Gasteiger partial charge in [-0.3, -0.25) is 5.41 Å². The van der Waals surface area contributed by atoms with Crippen molar-refractivity contribution < 1.29 is 0 Å². The van der Waals surface area contributed by atoms with Crippen molar-refractivity contribution in [3.8, 4) is 0 Å². The van der Waals surface area contributed by atoms with Crippen LogP contribution in [0.1, 0.15) is 11.5 Å². The second kappa shape index (κ2) is 4.10. The van der Waals surface area contributed by atoms with E-state index < -0.39 is 0 Å². The van der Waals surface area contributed by atoms with Gasteiger partial charge in [-0.05, 0) is 25.3 Å². The highest BCUT2D eigenvalue weighted by Gasteiger charge is 2.06. The van der Waals surface area contributed by atoms with E-state index in [1.165, 1.54) is 12.3 Å². The van der Waals surface area contributed by atoms with Crippen LogP contribution >= 0.6 is 0 Å². The molecule has 0 saturated heterocycles. The molecule has 0 amide bonds. The third kappa shape index (κ3) is 1.77. The molecule has 16 heavy (non-hydrogen) atoms. The summed E-state index contributed by atoms with van der Waals surface area (Å²) in [5.41, 5.74) is 7.18. The Kier molecular flexibility index (Phi) is 2.64. The summed E-state index contributed by atoms with van der Waals surface area (Å²) in [6.45, 7) is 1.91. The van der Waals surface area contributed by atoms with Gasteiger partial charge in [-0.15, -0.1) is 0 Å². The number of fused-ring (bicyclic) bond motifs is 1. The van der Waals surface area contributed by atoms with Gasteiger partial charge in [0.05, 0.1) is 5.52 Å². The van der Waals surface area contributed by atoms with Crippen LogP contribution in [0, 0.1) is 12.3 Å². The highest BCUT2D eigenvalue weighted by atomic mass is 14.9. The first-order valence-corrected chi connectivity index (χ1v) is 4.93. The summed E-state index contributed by atoms with van der Waals surface area (Å²) < 4.78 is 0. The summed E-state index contributed by atoms with van der Waals surface area (Å²) in [4.78, 5) is 8.59. The lowest BCUT2D eigenvalue weighted by atomic mass is 10.2. The molecular weight excluding hydrogens is 200 g/mol. The van der Waals surface area contributed by atoms with E-state index in [2.05, 4.69) is 9.97 Å². The Morgan fingerprint density at radius 1 is 1.31 bits per heavy atom. The Labute approximate surface area is 93.3 Å². The van der Waals surface area contributed by atoms with Crippen molar-refractivity contribution in [2.45, 2.75) is 6.92 Å². The van der Waals surface area contributed by atoms with Crippen LogP contribution in [-0.2, 0) is 0 Å². The van der Waals surface area contributed by atoms with E-state index >= 15 is 0 Å². The average Bonchev–Trinajstić information content (AvgIpc) is 2.29. The van der Waals surface area contributed by atoms with Gasteiger partial charge < -0.3 is 5.73 Å². The van der Waals surface area contributed by atoms with Crippen molar-refractivity contribution in [2.24, 2.45) is 5.73 Å². The number of benzene rings is 1. The van der Waals surface area contributed by atoms with E-state index in [0.717, 1.165) is 16.6 Å².